The van der Waals surface area contributed by atoms with Crippen LogP contribution in [0.2, 0.25) is 0 Å². The first-order chi connectivity index (χ1) is 19.1. The molecule has 8 nitrogen and oxygen atoms in total. The normalized spacial score (nSPS) is 17.0. The zero-order valence-corrected chi connectivity index (χ0v) is 23.7. The molecule has 3 aromatic rings. The molecule has 2 atom stereocenters. The van der Waals surface area contributed by atoms with Gasteiger partial charge < -0.3 is 15.4 Å². The van der Waals surface area contributed by atoms with Gasteiger partial charge in [-0.25, -0.2) is 13.6 Å². The lowest BCUT2D eigenvalue weighted by atomic mass is 9.94. The maximum absolute atomic E-state index is 13.0. The number of sulfonamides is 1. The number of primary sulfonamides is 1. The Morgan fingerprint density at radius 2 is 1.38 bits per heavy atom. The maximum Gasteiger partial charge on any atom is 0.238 e. The molecule has 3 aromatic carbocycles. The van der Waals surface area contributed by atoms with Crippen molar-refractivity contribution in [3.05, 3.63) is 83.9 Å². The summed E-state index contributed by atoms with van der Waals surface area (Å²) in [7, 11) is -3.86. The van der Waals surface area contributed by atoms with E-state index in [0.29, 0.717) is 49.6 Å². The topological polar surface area (TPSA) is 128 Å². The fraction of sp³-hybridized carbons (Fsp3) is 0.355. The molecule has 4 N–H and O–H groups in total. The predicted octanol–water partition coefficient (Wildman–Crippen LogP) is 4.38. The van der Waals surface area contributed by atoms with Crippen LogP contribution in [0, 0.1) is 17.8 Å². The Balaban J connectivity index is 1.29. The van der Waals surface area contributed by atoms with Crippen molar-refractivity contribution in [3.63, 3.8) is 0 Å². The molecule has 1 fully saturated rings. The number of benzene rings is 3. The van der Waals surface area contributed by atoms with Crippen LogP contribution in [0.15, 0.2) is 77.7 Å². The SMILES string of the molecule is CC(C)COc1ccc(CNC(=O)[C@@H]2CCCC2C(=O)NCc2ccc(-c3ccccc3S(N)(=O)=O)cc2)cc1. The fourth-order valence-electron chi connectivity index (χ4n) is 4.95. The second-order valence-electron chi connectivity index (χ2n) is 10.7. The Kier molecular flexibility index (Phi) is 9.60. The summed E-state index contributed by atoms with van der Waals surface area (Å²) in [6, 6.07) is 21.5. The second-order valence-corrected chi connectivity index (χ2v) is 12.2. The van der Waals surface area contributed by atoms with Crippen molar-refractivity contribution >= 4 is 21.8 Å². The molecule has 212 valence electrons. The first-order valence-corrected chi connectivity index (χ1v) is 15.1. The minimum atomic E-state index is -3.86. The summed E-state index contributed by atoms with van der Waals surface area (Å²) in [5.74, 6) is 0.296. The van der Waals surface area contributed by atoms with Gasteiger partial charge in [-0.1, -0.05) is 74.9 Å². The van der Waals surface area contributed by atoms with Crippen LogP contribution in [0.4, 0.5) is 0 Å². The summed E-state index contributed by atoms with van der Waals surface area (Å²) < 4.78 is 29.6. The number of carbonyl (C=O) groups excluding carboxylic acids is 2. The van der Waals surface area contributed by atoms with Gasteiger partial charge in [0, 0.05) is 30.5 Å². The summed E-state index contributed by atoms with van der Waals surface area (Å²) in [5.41, 5.74) is 3.07. The third-order valence-corrected chi connectivity index (χ3v) is 8.06. The van der Waals surface area contributed by atoms with Gasteiger partial charge in [0.2, 0.25) is 21.8 Å². The Labute approximate surface area is 236 Å². The zero-order chi connectivity index (χ0) is 28.7. The van der Waals surface area contributed by atoms with Gasteiger partial charge in [-0.05, 0) is 53.6 Å². The maximum atomic E-state index is 13.0. The van der Waals surface area contributed by atoms with Crippen LogP contribution < -0.4 is 20.5 Å². The third kappa shape index (κ3) is 7.70. The van der Waals surface area contributed by atoms with Crippen LogP contribution in [0.5, 0.6) is 5.75 Å². The molecule has 1 aliphatic rings. The molecule has 40 heavy (non-hydrogen) atoms. The van der Waals surface area contributed by atoms with Gasteiger partial charge in [0.25, 0.3) is 0 Å². The van der Waals surface area contributed by atoms with E-state index in [1.165, 1.54) is 6.07 Å². The van der Waals surface area contributed by atoms with Crippen molar-refractivity contribution in [2.24, 2.45) is 22.9 Å². The van der Waals surface area contributed by atoms with E-state index in [4.69, 9.17) is 9.88 Å². The number of nitrogens with one attached hydrogen (secondary N) is 2. The predicted molar refractivity (Wildman–Crippen MR) is 155 cm³/mol. The smallest absolute Gasteiger partial charge is 0.238 e. The fourth-order valence-corrected chi connectivity index (χ4v) is 5.71. The molecule has 0 aliphatic heterocycles. The summed E-state index contributed by atoms with van der Waals surface area (Å²) >= 11 is 0. The van der Waals surface area contributed by atoms with Crippen LogP contribution >= 0.6 is 0 Å². The Bertz CT molecular complexity index is 1420. The van der Waals surface area contributed by atoms with Crippen molar-refractivity contribution in [2.75, 3.05) is 6.61 Å². The highest BCUT2D eigenvalue weighted by Gasteiger charge is 2.37. The molecule has 1 unspecified atom stereocenters. The number of nitrogens with two attached hydrogens (primary N) is 1. The van der Waals surface area contributed by atoms with E-state index in [9.17, 15) is 18.0 Å². The molecule has 0 heterocycles. The molecule has 4 rings (SSSR count). The number of rotatable bonds is 11. The van der Waals surface area contributed by atoms with E-state index in [1.807, 2.05) is 36.4 Å². The van der Waals surface area contributed by atoms with Crippen molar-refractivity contribution in [1.82, 2.24) is 10.6 Å². The molecule has 9 heteroatoms. The van der Waals surface area contributed by atoms with Crippen molar-refractivity contribution in [1.29, 1.82) is 0 Å². The van der Waals surface area contributed by atoms with Crippen molar-refractivity contribution in [2.45, 2.75) is 51.1 Å². The Hall–Kier alpha value is -3.69. The molecule has 0 bridgehead atoms. The molecular formula is C31H37N3O5S. The average molecular weight is 564 g/mol. The summed E-state index contributed by atoms with van der Waals surface area (Å²) in [5, 5.41) is 11.3. The first kappa shape index (κ1) is 29.3. The lowest BCUT2D eigenvalue weighted by Crippen LogP contribution is -2.39. The minimum Gasteiger partial charge on any atom is -0.493 e. The second kappa shape index (κ2) is 13.1. The minimum absolute atomic E-state index is 0.0641. The van der Waals surface area contributed by atoms with E-state index >= 15 is 0 Å². The standard InChI is InChI=1S/C31H37N3O5S/c1-21(2)20-39-25-16-12-23(13-17-25)19-34-31(36)28-8-5-7-27(28)30(35)33-18-22-10-14-24(15-11-22)26-6-3-4-9-29(26)40(32,37)38/h3-4,6,9-17,21,27-28H,5,7-8,18-20H2,1-2H3,(H,33,35)(H,34,36)(H2,32,37,38)/t27?,28-/m1/s1. The Morgan fingerprint density at radius 1 is 0.850 bits per heavy atom. The van der Waals surface area contributed by atoms with E-state index in [0.717, 1.165) is 23.3 Å². The highest BCUT2D eigenvalue weighted by Crippen LogP contribution is 2.32. The van der Waals surface area contributed by atoms with E-state index in [2.05, 4.69) is 24.5 Å². The van der Waals surface area contributed by atoms with Gasteiger partial charge in [0.1, 0.15) is 5.75 Å². The zero-order valence-electron chi connectivity index (χ0n) is 22.9. The van der Waals surface area contributed by atoms with Crippen LogP contribution in [-0.2, 0) is 32.7 Å². The molecule has 0 spiro atoms. The molecule has 2 amide bonds. The van der Waals surface area contributed by atoms with E-state index in [-0.39, 0.29) is 28.5 Å². The van der Waals surface area contributed by atoms with Gasteiger partial charge in [-0.15, -0.1) is 0 Å². The monoisotopic (exact) mass is 563 g/mol. The summed E-state index contributed by atoms with van der Waals surface area (Å²) in [6.07, 6.45) is 2.19. The first-order valence-electron chi connectivity index (χ1n) is 13.6. The number of hydrogen-bond acceptors (Lipinski definition) is 5. The number of amides is 2. The van der Waals surface area contributed by atoms with Crippen LogP contribution in [0.1, 0.15) is 44.2 Å². The van der Waals surface area contributed by atoms with Gasteiger partial charge in [0.05, 0.1) is 11.5 Å². The summed E-state index contributed by atoms with van der Waals surface area (Å²) in [6.45, 7) is 5.56. The third-order valence-electron chi connectivity index (χ3n) is 7.09. The largest absolute Gasteiger partial charge is 0.493 e. The molecule has 0 aromatic heterocycles. The highest BCUT2D eigenvalue weighted by atomic mass is 32.2. The lowest BCUT2D eigenvalue weighted by molar-refractivity contribution is -0.133. The van der Waals surface area contributed by atoms with E-state index < -0.39 is 10.0 Å². The van der Waals surface area contributed by atoms with Crippen molar-refractivity contribution in [3.8, 4) is 16.9 Å². The highest BCUT2D eigenvalue weighted by molar-refractivity contribution is 7.89. The molecule has 0 saturated heterocycles. The van der Waals surface area contributed by atoms with E-state index in [1.54, 1.807) is 30.3 Å². The molecule has 0 radical (unpaired) electrons. The lowest BCUT2D eigenvalue weighted by Gasteiger charge is -2.19. The van der Waals surface area contributed by atoms with Gasteiger partial charge in [0.15, 0.2) is 0 Å². The van der Waals surface area contributed by atoms with Gasteiger partial charge in [-0.2, -0.15) is 0 Å². The quantitative estimate of drug-likeness (QED) is 0.319. The van der Waals surface area contributed by atoms with Crippen LogP contribution in [0.25, 0.3) is 11.1 Å². The van der Waals surface area contributed by atoms with Crippen LogP contribution in [-0.4, -0.2) is 26.8 Å². The molecule has 1 aliphatic carbocycles. The Morgan fingerprint density at radius 3 is 1.90 bits per heavy atom. The van der Waals surface area contributed by atoms with Gasteiger partial charge >= 0.3 is 0 Å². The number of hydrogen-bond donors (Lipinski definition) is 3. The number of carbonyl (C=O) groups is 2. The summed E-state index contributed by atoms with van der Waals surface area (Å²) in [4.78, 5) is 26.0. The average Bonchev–Trinajstić information content (AvgIpc) is 3.44. The number of ether oxygens (including phenoxy) is 1. The van der Waals surface area contributed by atoms with Gasteiger partial charge in [-0.3, -0.25) is 9.59 Å². The molecule has 1 saturated carbocycles. The van der Waals surface area contributed by atoms with Crippen molar-refractivity contribution < 1.29 is 22.7 Å². The molecular weight excluding hydrogens is 526 g/mol. The van der Waals surface area contributed by atoms with Crippen LogP contribution in [0.3, 0.4) is 0 Å².